The number of piperidine rings is 1. The van der Waals surface area contributed by atoms with Crippen LogP contribution in [0.25, 0.3) is 16.9 Å². The highest BCUT2D eigenvalue weighted by Gasteiger charge is 2.50. The molecule has 0 atom stereocenters. The smallest absolute Gasteiger partial charge is 0.247 e. The average molecular weight is 557 g/mol. The van der Waals surface area contributed by atoms with E-state index in [4.69, 9.17) is 0 Å². The summed E-state index contributed by atoms with van der Waals surface area (Å²) in [5.74, 6) is -0.301. The van der Waals surface area contributed by atoms with Gasteiger partial charge in [-0.25, -0.2) is 9.07 Å². The highest BCUT2D eigenvalue weighted by molar-refractivity contribution is 5.93. The predicted octanol–water partition coefficient (Wildman–Crippen LogP) is 5.29. The van der Waals surface area contributed by atoms with Crippen molar-refractivity contribution in [3.8, 4) is 16.9 Å². The SMILES string of the molecule is CC.Cc1ccc(-n2nc(C)cc2-c2cccnc2)cc1.O=CN1CCC2(CC1)C(=O)NCN2c1ccc(F)cc1. The number of aryl methyl sites for hydroxylation is 2. The fourth-order valence-corrected chi connectivity index (χ4v) is 5.15. The topological polar surface area (TPSA) is 83.4 Å². The van der Waals surface area contributed by atoms with Gasteiger partial charge in [0.15, 0.2) is 0 Å². The van der Waals surface area contributed by atoms with Crippen LogP contribution in [0, 0.1) is 19.7 Å². The van der Waals surface area contributed by atoms with Crippen molar-refractivity contribution in [2.75, 3.05) is 24.7 Å². The molecule has 2 aromatic heterocycles. The fourth-order valence-electron chi connectivity index (χ4n) is 5.15. The van der Waals surface area contributed by atoms with E-state index in [2.05, 4.69) is 52.7 Å². The number of benzene rings is 2. The van der Waals surface area contributed by atoms with Crippen LogP contribution >= 0.6 is 0 Å². The van der Waals surface area contributed by atoms with Gasteiger partial charge < -0.3 is 15.1 Å². The zero-order valence-electron chi connectivity index (χ0n) is 24.0. The van der Waals surface area contributed by atoms with Crippen LogP contribution in [-0.2, 0) is 9.59 Å². The highest BCUT2D eigenvalue weighted by Crippen LogP contribution is 2.36. The molecule has 41 heavy (non-hydrogen) atoms. The molecule has 1 N–H and O–H groups in total. The van der Waals surface area contributed by atoms with Crippen molar-refractivity contribution < 1.29 is 14.0 Å². The van der Waals surface area contributed by atoms with E-state index in [9.17, 15) is 14.0 Å². The maximum absolute atomic E-state index is 13.0. The van der Waals surface area contributed by atoms with Crippen LogP contribution in [0.4, 0.5) is 10.1 Å². The quantitative estimate of drug-likeness (QED) is 0.346. The highest BCUT2D eigenvalue weighted by atomic mass is 19.1. The molecule has 4 heterocycles. The normalized spacial score (nSPS) is 15.4. The Labute approximate surface area is 240 Å². The summed E-state index contributed by atoms with van der Waals surface area (Å²) in [4.78, 5) is 30.9. The van der Waals surface area contributed by atoms with E-state index < -0.39 is 5.54 Å². The maximum Gasteiger partial charge on any atom is 0.247 e. The first-order valence-corrected chi connectivity index (χ1v) is 13.9. The van der Waals surface area contributed by atoms with Crippen LogP contribution in [0.15, 0.2) is 79.1 Å². The third-order valence-corrected chi connectivity index (χ3v) is 7.32. The molecule has 2 amide bonds. The van der Waals surface area contributed by atoms with E-state index in [-0.39, 0.29) is 11.7 Å². The van der Waals surface area contributed by atoms with Crippen LogP contribution < -0.4 is 10.2 Å². The minimum atomic E-state index is -0.614. The number of hydrogen-bond donors (Lipinski definition) is 1. The zero-order chi connectivity index (χ0) is 29.4. The number of rotatable bonds is 4. The molecular formula is C32H37FN6O2. The van der Waals surface area contributed by atoms with Crippen molar-refractivity contribution in [2.45, 2.75) is 46.1 Å². The Balaban J connectivity index is 0.000000178. The minimum Gasteiger partial charge on any atom is -0.345 e. The number of hydrogen-bond acceptors (Lipinski definition) is 5. The van der Waals surface area contributed by atoms with Gasteiger partial charge in [-0.1, -0.05) is 31.5 Å². The van der Waals surface area contributed by atoms with Crippen LogP contribution in [-0.4, -0.2) is 57.3 Å². The van der Waals surface area contributed by atoms with Gasteiger partial charge >= 0.3 is 0 Å². The van der Waals surface area contributed by atoms with E-state index in [1.807, 2.05) is 48.7 Å². The number of aromatic nitrogens is 3. The molecule has 0 radical (unpaired) electrons. The number of carbonyl (C=O) groups excluding carboxylic acids is 2. The molecule has 6 rings (SSSR count). The van der Waals surface area contributed by atoms with Gasteiger partial charge in [-0.15, -0.1) is 0 Å². The summed E-state index contributed by atoms with van der Waals surface area (Å²) in [5.41, 5.74) is 5.66. The van der Waals surface area contributed by atoms with Gasteiger partial charge in [-0.3, -0.25) is 14.6 Å². The Kier molecular flexibility index (Phi) is 9.49. The molecule has 2 aromatic carbocycles. The third kappa shape index (κ3) is 6.45. The summed E-state index contributed by atoms with van der Waals surface area (Å²) in [5, 5.41) is 7.44. The monoisotopic (exact) mass is 556 g/mol. The third-order valence-electron chi connectivity index (χ3n) is 7.32. The lowest BCUT2D eigenvalue weighted by Crippen LogP contribution is -2.56. The van der Waals surface area contributed by atoms with Crippen molar-refractivity contribution in [1.29, 1.82) is 0 Å². The van der Waals surface area contributed by atoms with Crippen molar-refractivity contribution in [3.63, 3.8) is 0 Å². The molecule has 9 heteroatoms. The molecule has 0 unspecified atom stereocenters. The molecule has 4 aromatic rings. The van der Waals surface area contributed by atoms with Gasteiger partial charge in [0.1, 0.15) is 11.4 Å². The van der Waals surface area contributed by atoms with Gasteiger partial charge in [0.25, 0.3) is 0 Å². The van der Waals surface area contributed by atoms with E-state index in [1.165, 1.54) is 17.7 Å². The van der Waals surface area contributed by atoms with Gasteiger partial charge in [0, 0.05) is 36.7 Å². The van der Waals surface area contributed by atoms with E-state index in [1.54, 1.807) is 23.2 Å². The number of carbonyl (C=O) groups is 2. The number of nitrogens with one attached hydrogen (secondary N) is 1. The first-order chi connectivity index (χ1) is 19.9. The maximum atomic E-state index is 13.0. The first kappa shape index (κ1) is 29.5. The molecule has 2 saturated heterocycles. The number of nitrogens with zero attached hydrogens (tertiary/aromatic N) is 5. The number of amides is 2. The number of halogens is 1. The molecule has 1 spiro atoms. The van der Waals surface area contributed by atoms with E-state index >= 15 is 0 Å². The summed E-state index contributed by atoms with van der Waals surface area (Å²) in [6, 6.07) is 20.6. The fraction of sp³-hybridized carbons (Fsp3) is 0.312. The number of pyridine rings is 1. The molecule has 0 aliphatic carbocycles. The molecule has 0 bridgehead atoms. The summed E-state index contributed by atoms with van der Waals surface area (Å²) in [6.07, 6.45) is 5.65. The molecule has 214 valence electrons. The van der Waals surface area contributed by atoms with Crippen LogP contribution in [0.1, 0.15) is 37.9 Å². The summed E-state index contributed by atoms with van der Waals surface area (Å²) < 4.78 is 15.0. The number of likely N-dealkylation sites (tertiary alicyclic amines) is 1. The van der Waals surface area contributed by atoms with Gasteiger partial charge in [0.2, 0.25) is 12.3 Å². The van der Waals surface area contributed by atoms with Crippen molar-refractivity contribution in [1.82, 2.24) is 25.0 Å². The second kappa shape index (κ2) is 13.2. The van der Waals surface area contributed by atoms with Crippen LogP contribution in [0.2, 0.25) is 0 Å². The molecule has 8 nitrogen and oxygen atoms in total. The Hall–Kier alpha value is -4.53. The molecule has 2 fully saturated rings. The van der Waals surface area contributed by atoms with Crippen LogP contribution in [0.3, 0.4) is 0 Å². The van der Waals surface area contributed by atoms with Crippen molar-refractivity contribution >= 4 is 18.0 Å². The molecular weight excluding hydrogens is 519 g/mol. The Morgan fingerprint density at radius 3 is 2.22 bits per heavy atom. The van der Waals surface area contributed by atoms with Gasteiger partial charge in [-0.2, -0.15) is 5.10 Å². The Morgan fingerprint density at radius 2 is 1.61 bits per heavy atom. The first-order valence-electron chi connectivity index (χ1n) is 13.9. The van der Waals surface area contributed by atoms with E-state index in [0.717, 1.165) is 34.7 Å². The Bertz CT molecular complexity index is 1430. The van der Waals surface area contributed by atoms with Gasteiger partial charge in [-0.05, 0) is 81.3 Å². The molecule has 0 saturated carbocycles. The minimum absolute atomic E-state index is 0.00706. The number of anilines is 1. The second-order valence-electron chi connectivity index (χ2n) is 9.90. The Morgan fingerprint density at radius 1 is 0.951 bits per heavy atom. The van der Waals surface area contributed by atoms with E-state index in [0.29, 0.717) is 32.6 Å². The largest absolute Gasteiger partial charge is 0.345 e. The summed E-state index contributed by atoms with van der Waals surface area (Å²) in [6.45, 7) is 9.64. The van der Waals surface area contributed by atoms with Crippen molar-refractivity contribution in [2.24, 2.45) is 0 Å². The summed E-state index contributed by atoms with van der Waals surface area (Å²) in [7, 11) is 0. The average Bonchev–Trinajstić information content (AvgIpc) is 3.56. The summed E-state index contributed by atoms with van der Waals surface area (Å²) >= 11 is 0. The predicted molar refractivity (Wildman–Crippen MR) is 159 cm³/mol. The van der Waals surface area contributed by atoms with Crippen molar-refractivity contribution in [3.05, 3.63) is 96.2 Å². The van der Waals surface area contributed by atoms with Crippen LogP contribution in [0.5, 0.6) is 0 Å². The lowest BCUT2D eigenvalue weighted by Gasteiger charge is -2.42. The standard InChI is InChI=1S/C16H15N3.C14H16FN3O2.C2H6/c1-12-5-7-15(8-6-12)19-16(10-13(2)18-19)14-4-3-9-17-11-14;15-11-1-3-12(4-2-11)18-9-16-13(20)14(18)5-7-17(10-19)8-6-14;1-2/h3-11H,1-2H3;1-4,10H,5-9H2,(H,16,20);1-2H3. The molecule has 2 aliphatic heterocycles. The molecule has 2 aliphatic rings. The second-order valence-corrected chi connectivity index (χ2v) is 9.90. The lowest BCUT2D eigenvalue weighted by molar-refractivity contribution is -0.127. The van der Waals surface area contributed by atoms with Gasteiger partial charge in [0.05, 0.1) is 23.7 Å². The zero-order valence-corrected chi connectivity index (χ0v) is 24.0. The lowest BCUT2D eigenvalue weighted by atomic mass is 9.86.